The molecule has 5 heteroatoms. The fourth-order valence-corrected chi connectivity index (χ4v) is 1.34. The molecule has 0 aromatic heterocycles. The van der Waals surface area contributed by atoms with Crippen molar-refractivity contribution in [3.8, 4) is 0 Å². The number of aliphatic carboxylic acids is 1. The van der Waals surface area contributed by atoms with E-state index in [1.54, 1.807) is 0 Å². The summed E-state index contributed by atoms with van der Waals surface area (Å²) in [5, 5.41) is 14.2. The van der Waals surface area contributed by atoms with E-state index in [4.69, 9.17) is 5.11 Å². The minimum atomic E-state index is -0.904. The van der Waals surface area contributed by atoms with Crippen molar-refractivity contribution in [2.45, 2.75) is 53.0 Å². The molecule has 0 aliphatic carbocycles. The summed E-state index contributed by atoms with van der Waals surface area (Å²) in [4.78, 5) is 22.3. The monoisotopic (exact) mass is 244 g/mol. The van der Waals surface area contributed by atoms with Crippen LogP contribution < -0.4 is 10.6 Å². The Kier molecular flexibility index (Phi) is 6.61. The Morgan fingerprint density at radius 1 is 1.29 bits per heavy atom. The lowest BCUT2D eigenvalue weighted by Gasteiger charge is -2.30. The highest BCUT2D eigenvalue weighted by Crippen LogP contribution is 2.21. The van der Waals surface area contributed by atoms with Gasteiger partial charge in [-0.2, -0.15) is 0 Å². The molecule has 0 heterocycles. The van der Waals surface area contributed by atoms with Gasteiger partial charge in [0.2, 0.25) is 0 Å². The van der Waals surface area contributed by atoms with Crippen LogP contribution in [0.2, 0.25) is 0 Å². The Morgan fingerprint density at radius 3 is 2.29 bits per heavy atom. The van der Waals surface area contributed by atoms with Gasteiger partial charge in [-0.25, -0.2) is 4.79 Å². The van der Waals surface area contributed by atoms with E-state index in [1.165, 1.54) is 0 Å². The van der Waals surface area contributed by atoms with Crippen LogP contribution in [-0.2, 0) is 4.79 Å². The molecule has 0 bridgehead atoms. The van der Waals surface area contributed by atoms with E-state index in [0.29, 0.717) is 6.54 Å². The van der Waals surface area contributed by atoms with Crippen molar-refractivity contribution < 1.29 is 14.7 Å². The normalized spacial score (nSPS) is 12.9. The molecule has 2 amide bonds. The second-order valence-electron chi connectivity index (χ2n) is 5.27. The molecule has 0 radical (unpaired) electrons. The van der Waals surface area contributed by atoms with E-state index in [9.17, 15) is 9.59 Å². The average Bonchev–Trinajstić information content (AvgIpc) is 2.15. The van der Waals surface area contributed by atoms with Gasteiger partial charge in [0, 0.05) is 12.6 Å². The number of hydrogen-bond acceptors (Lipinski definition) is 2. The summed E-state index contributed by atoms with van der Waals surface area (Å²) in [5.41, 5.74) is -0.277. The highest BCUT2D eigenvalue weighted by molar-refractivity contribution is 5.75. The van der Waals surface area contributed by atoms with Crippen LogP contribution in [-0.4, -0.2) is 29.7 Å². The van der Waals surface area contributed by atoms with Crippen molar-refractivity contribution in [2.75, 3.05) is 6.54 Å². The van der Waals surface area contributed by atoms with Crippen molar-refractivity contribution >= 4 is 12.0 Å². The van der Waals surface area contributed by atoms with Gasteiger partial charge in [0.1, 0.15) is 0 Å². The van der Waals surface area contributed by atoms with Gasteiger partial charge in [0.15, 0.2) is 0 Å². The van der Waals surface area contributed by atoms with Crippen molar-refractivity contribution in [1.82, 2.24) is 10.6 Å². The number of amides is 2. The van der Waals surface area contributed by atoms with Gasteiger partial charge in [-0.3, -0.25) is 4.79 Å². The number of hydrogen-bond donors (Lipinski definition) is 3. The average molecular weight is 244 g/mol. The predicted molar refractivity (Wildman–Crippen MR) is 66.9 cm³/mol. The van der Waals surface area contributed by atoms with Crippen molar-refractivity contribution in [3.05, 3.63) is 0 Å². The van der Waals surface area contributed by atoms with Gasteiger partial charge in [-0.15, -0.1) is 0 Å². The molecule has 0 rings (SSSR count). The van der Waals surface area contributed by atoms with Gasteiger partial charge in [0.05, 0.1) is 6.42 Å². The van der Waals surface area contributed by atoms with E-state index in [-0.39, 0.29) is 23.9 Å². The Morgan fingerprint density at radius 2 is 1.88 bits per heavy atom. The first-order valence-electron chi connectivity index (χ1n) is 6.03. The lowest BCUT2D eigenvalue weighted by atomic mass is 9.85. The van der Waals surface area contributed by atoms with Gasteiger partial charge in [-0.1, -0.05) is 34.1 Å². The van der Waals surface area contributed by atoms with Crippen LogP contribution in [0.25, 0.3) is 0 Å². The summed E-state index contributed by atoms with van der Waals surface area (Å²) >= 11 is 0. The summed E-state index contributed by atoms with van der Waals surface area (Å²) in [7, 11) is 0. The van der Waals surface area contributed by atoms with Crippen LogP contribution in [0.15, 0.2) is 0 Å². The van der Waals surface area contributed by atoms with Crippen LogP contribution in [0.3, 0.4) is 0 Å². The van der Waals surface area contributed by atoms with E-state index in [2.05, 4.69) is 10.6 Å². The van der Waals surface area contributed by atoms with Crippen molar-refractivity contribution in [2.24, 2.45) is 5.41 Å². The molecule has 1 atom stereocenters. The number of rotatable bonds is 6. The number of urea groups is 1. The zero-order valence-corrected chi connectivity index (χ0v) is 11.2. The molecule has 0 aromatic rings. The summed E-state index contributed by atoms with van der Waals surface area (Å²) in [6.45, 7) is 8.39. The van der Waals surface area contributed by atoms with Gasteiger partial charge in [0.25, 0.3) is 0 Å². The molecule has 0 spiro atoms. The minimum Gasteiger partial charge on any atom is -0.481 e. The molecular formula is C12H24N2O3. The maximum atomic E-state index is 11.5. The molecule has 100 valence electrons. The molecule has 5 nitrogen and oxygen atoms in total. The number of carbonyl (C=O) groups is 2. The molecule has 17 heavy (non-hydrogen) atoms. The number of nitrogens with one attached hydrogen (secondary N) is 2. The summed E-state index contributed by atoms with van der Waals surface area (Å²) < 4.78 is 0. The first-order chi connectivity index (χ1) is 7.77. The smallest absolute Gasteiger partial charge is 0.315 e. The Labute approximate surface area is 103 Å². The molecule has 0 aliphatic rings. The predicted octanol–water partition coefficient (Wildman–Crippen LogP) is 1.98. The van der Waals surface area contributed by atoms with Crippen LogP contribution >= 0.6 is 0 Å². The summed E-state index contributed by atoms with van der Waals surface area (Å²) in [6, 6.07) is -0.666. The highest BCUT2D eigenvalue weighted by Gasteiger charge is 2.28. The second-order valence-corrected chi connectivity index (χ2v) is 5.27. The standard InChI is InChI=1S/C12H24N2O3/c1-5-6-7-13-11(17)14-9(8-10(15)16)12(2,3)4/h9H,5-8H2,1-4H3,(H,15,16)(H2,13,14,17). The maximum Gasteiger partial charge on any atom is 0.315 e. The maximum absolute atomic E-state index is 11.5. The Balaban J connectivity index is 4.24. The van der Waals surface area contributed by atoms with E-state index in [0.717, 1.165) is 12.8 Å². The quantitative estimate of drug-likeness (QED) is 0.625. The largest absolute Gasteiger partial charge is 0.481 e. The number of unbranched alkanes of at least 4 members (excludes halogenated alkanes) is 1. The Hall–Kier alpha value is -1.26. The Bertz CT molecular complexity index is 259. The number of carboxylic acid groups (broad SMARTS) is 1. The summed E-state index contributed by atoms with van der Waals surface area (Å²) in [6.07, 6.45) is 1.87. The topological polar surface area (TPSA) is 78.4 Å². The van der Waals surface area contributed by atoms with Crippen molar-refractivity contribution in [1.29, 1.82) is 0 Å². The van der Waals surface area contributed by atoms with Crippen LogP contribution in [0.5, 0.6) is 0 Å². The fraction of sp³-hybridized carbons (Fsp3) is 0.833. The zero-order valence-electron chi connectivity index (χ0n) is 11.2. The number of carbonyl (C=O) groups excluding carboxylic acids is 1. The molecule has 0 saturated carbocycles. The van der Waals surface area contributed by atoms with Crippen LogP contribution in [0.1, 0.15) is 47.0 Å². The molecule has 0 aliphatic heterocycles. The van der Waals surface area contributed by atoms with E-state index < -0.39 is 5.97 Å². The minimum absolute atomic E-state index is 0.0648. The molecule has 0 aromatic carbocycles. The molecule has 3 N–H and O–H groups in total. The third-order valence-corrected chi connectivity index (χ3v) is 2.55. The SMILES string of the molecule is CCCCNC(=O)NC(CC(=O)O)C(C)(C)C. The molecule has 0 fully saturated rings. The fourth-order valence-electron chi connectivity index (χ4n) is 1.34. The zero-order chi connectivity index (χ0) is 13.5. The third-order valence-electron chi connectivity index (χ3n) is 2.55. The van der Waals surface area contributed by atoms with Gasteiger partial charge in [-0.05, 0) is 11.8 Å². The second kappa shape index (κ2) is 7.14. The van der Waals surface area contributed by atoms with Crippen LogP contribution in [0.4, 0.5) is 4.79 Å². The van der Waals surface area contributed by atoms with E-state index >= 15 is 0 Å². The molecular weight excluding hydrogens is 220 g/mol. The highest BCUT2D eigenvalue weighted by atomic mass is 16.4. The number of carboxylic acids is 1. The van der Waals surface area contributed by atoms with E-state index in [1.807, 2.05) is 27.7 Å². The lowest BCUT2D eigenvalue weighted by molar-refractivity contribution is -0.138. The third kappa shape index (κ3) is 7.60. The first kappa shape index (κ1) is 15.7. The van der Waals surface area contributed by atoms with Crippen molar-refractivity contribution in [3.63, 3.8) is 0 Å². The molecule has 0 saturated heterocycles. The lowest BCUT2D eigenvalue weighted by Crippen LogP contribution is -2.49. The van der Waals surface area contributed by atoms with Gasteiger partial charge < -0.3 is 15.7 Å². The summed E-state index contributed by atoms with van der Waals surface area (Å²) in [5.74, 6) is -0.904. The van der Waals surface area contributed by atoms with Crippen LogP contribution in [0, 0.1) is 5.41 Å². The van der Waals surface area contributed by atoms with Gasteiger partial charge >= 0.3 is 12.0 Å². The molecule has 1 unspecified atom stereocenters. The first-order valence-corrected chi connectivity index (χ1v) is 6.03.